The van der Waals surface area contributed by atoms with E-state index >= 15 is 0 Å². The van der Waals surface area contributed by atoms with E-state index < -0.39 is 5.60 Å². The molecule has 0 saturated carbocycles. The lowest BCUT2D eigenvalue weighted by Crippen LogP contribution is -2.55. The SMILES string of the molecule is CC1CN(c2cc(/C(N)=N/O)nc(N3CCN(C)CC3)c2)CCN1C(=O)OC(C)(C)C. The second-order valence-electron chi connectivity index (χ2n) is 9.31. The van der Waals surface area contributed by atoms with E-state index in [9.17, 15) is 10.0 Å². The minimum Gasteiger partial charge on any atom is -0.444 e. The van der Waals surface area contributed by atoms with Crippen LogP contribution in [-0.2, 0) is 4.74 Å². The molecule has 10 heteroatoms. The molecule has 172 valence electrons. The van der Waals surface area contributed by atoms with Gasteiger partial charge in [-0.15, -0.1) is 0 Å². The van der Waals surface area contributed by atoms with Gasteiger partial charge in [0.25, 0.3) is 0 Å². The van der Waals surface area contributed by atoms with Gasteiger partial charge >= 0.3 is 6.09 Å². The summed E-state index contributed by atoms with van der Waals surface area (Å²) in [6.45, 7) is 13.1. The highest BCUT2D eigenvalue weighted by molar-refractivity contribution is 5.96. The molecule has 1 unspecified atom stereocenters. The molecular formula is C21H35N7O3. The van der Waals surface area contributed by atoms with Gasteiger partial charge in [-0.1, -0.05) is 5.16 Å². The highest BCUT2D eigenvalue weighted by atomic mass is 16.6. The topological polar surface area (TPSA) is 111 Å². The highest BCUT2D eigenvalue weighted by Gasteiger charge is 2.31. The van der Waals surface area contributed by atoms with Crippen LogP contribution >= 0.6 is 0 Å². The molecule has 0 aliphatic carbocycles. The van der Waals surface area contributed by atoms with E-state index in [4.69, 9.17) is 10.5 Å². The molecule has 3 N–H and O–H groups in total. The van der Waals surface area contributed by atoms with Crippen LogP contribution < -0.4 is 15.5 Å². The average molecular weight is 434 g/mol. The van der Waals surface area contributed by atoms with Gasteiger partial charge in [-0.05, 0) is 40.8 Å². The summed E-state index contributed by atoms with van der Waals surface area (Å²) in [6, 6.07) is 3.87. The number of nitrogens with two attached hydrogens (primary N) is 1. The number of hydrogen-bond acceptors (Lipinski definition) is 8. The van der Waals surface area contributed by atoms with Crippen LogP contribution in [0, 0.1) is 0 Å². The average Bonchev–Trinajstić information content (AvgIpc) is 2.72. The van der Waals surface area contributed by atoms with Crippen molar-refractivity contribution in [3.8, 4) is 0 Å². The summed E-state index contributed by atoms with van der Waals surface area (Å²) in [5.41, 5.74) is 6.75. The van der Waals surface area contributed by atoms with Crippen molar-refractivity contribution in [1.29, 1.82) is 0 Å². The van der Waals surface area contributed by atoms with Crippen LogP contribution in [0.25, 0.3) is 0 Å². The molecule has 2 fully saturated rings. The smallest absolute Gasteiger partial charge is 0.410 e. The second kappa shape index (κ2) is 9.17. The van der Waals surface area contributed by atoms with Crippen molar-refractivity contribution in [2.45, 2.75) is 39.3 Å². The lowest BCUT2D eigenvalue weighted by Gasteiger charge is -2.41. The van der Waals surface area contributed by atoms with Crippen LogP contribution in [0.15, 0.2) is 17.3 Å². The van der Waals surface area contributed by atoms with Gasteiger partial charge in [-0.25, -0.2) is 9.78 Å². The first-order valence-corrected chi connectivity index (χ1v) is 10.8. The molecule has 1 aromatic heterocycles. The first-order valence-electron chi connectivity index (χ1n) is 10.8. The van der Waals surface area contributed by atoms with Gasteiger partial charge in [0, 0.05) is 63.6 Å². The number of anilines is 2. The zero-order valence-corrected chi connectivity index (χ0v) is 19.2. The summed E-state index contributed by atoms with van der Waals surface area (Å²) in [4.78, 5) is 25.7. The molecule has 10 nitrogen and oxygen atoms in total. The van der Waals surface area contributed by atoms with E-state index in [0.717, 1.165) is 37.7 Å². The number of oxime groups is 1. The maximum atomic E-state index is 12.5. The quantitative estimate of drug-likeness (QED) is 0.318. The molecule has 0 spiro atoms. The number of amidine groups is 1. The van der Waals surface area contributed by atoms with Crippen LogP contribution in [0.4, 0.5) is 16.3 Å². The number of carbonyl (C=O) groups is 1. The van der Waals surface area contributed by atoms with Crippen molar-refractivity contribution in [3.63, 3.8) is 0 Å². The van der Waals surface area contributed by atoms with Crippen LogP contribution in [0.3, 0.4) is 0 Å². The number of hydrogen-bond donors (Lipinski definition) is 2. The fraction of sp³-hybridized carbons (Fsp3) is 0.667. The molecule has 0 bridgehead atoms. The molecule has 1 amide bonds. The van der Waals surface area contributed by atoms with Gasteiger partial charge in [0.2, 0.25) is 0 Å². The second-order valence-corrected chi connectivity index (χ2v) is 9.31. The first-order chi connectivity index (χ1) is 14.6. The van der Waals surface area contributed by atoms with E-state index in [-0.39, 0.29) is 18.0 Å². The number of pyridine rings is 1. The van der Waals surface area contributed by atoms with Crippen molar-refractivity contribution >= 4 is 23.4 Å². The minimum atomic E-state index is -0.521. The van der Waals surface area contributed by atoms with E-state index in [1.54, 1.807) is 4.90 Å². The minimum absolute atomic E-state index is 0.0160. The van der Waals surface area contributed by atoms with Crippen molar-refractivity contribution in [2.75, 3.05) is 62.7 Å². The Morgan fingerprint density at radius 3 is 2.39 bits per heavy atom. The summed E-state index contributed by atoms with van der Waals surface area (Å²) < 4.78 is 5.55. The summed E-state index contributed by atoms with van der Waals surface area (Å²) in [5.74, 6) is 0.798. The number of rotatable bonds is 3. The first kappa shape index (κ1) is 22.9. The predicted molar refractivity (Wildman–Crippen MR) is 121 cm³/mol. The van der Waals surface area contributed by atoms with E-state index in [1.807, 2.05) is 33.8 Å². The van der Waals surface area contributed by atoms with Gasteiger partial charge in [0.15, 0.2) is 5.84 Å². The maximum absolute atomic E-state index is 12.5. The van der Waals surface area contributed by atoms with Crippen LogP contribution in [0.2, 0.25) is 0 Å². The highest BCUT2D eigenvalue weighted by Crippen LogP contribution is 2.26. The number of amides is 1. The summed E-state index contributed by atoms with van der Waals surface area (Å²) in [5, 5.41) is 12.3. The standard InChI is InChI=1S/C21H35N7O3/c1-15-14-27(10-11-28(15)20(29)31-21(2,3)4)16-12-17(19(22)24-30)23-18(13-16)26-8-6-25(5)7-9-26/h12-13,15,30H,6-11,14H2,1-5H3,(H2,22,24). The molecular weight excluding hydrogens is 398 g/mol. The number of piperazine rings is 2. The van der Waals surface area contributed by atoms with Crippen LogP contribution in [-0.4, -0.2) is 96.4 Å². The van der Waals surface area contributed by atoms with E-state index in [0.29, 0.717) is 25.3 Å². The monoisotopic (exact) mass is 433 g/mol. The largest absolute Gasteiger partial charge is 0.444 e. The van der Waals surface area contributed by atoms with Gasteiger partial charge in [-0.3, -0.25) is 0 Å². The molecule has 1 atom stereocenters. The zero-order chi connectivity index (χ0) is 22.8. The molecule has 3 rings (SSSR count). The number of nitrogens with zero attached hydrogens (tertiary/aromatic N) is 6. The number of aromatic nitrogens is 1. The van der Waals surface area contributed by atoms with Crippen molar-refractivity contribution in [3.05, 3.63) is 17.8 Å². The Labute approximate surface area is 184 Å². The molecule has 2 saturated heterocycles. The summed E-state index contributed by atoms with van der Waals surface area (Å²) >= 11 is 0. The Bertz CT molecular complexity index is 816. The molecule has 2 aliphatic rings. The fourth-order valence-corrected chi connectivity index (χ4v) is 3.85. The fourth-order valence-electron chi connectivity index (χ4n) is 3.85. The van der Waals surface area contributed by atoms with Gasteiger partial charge in [0.05, 0.1) is 0 Å². The third kappa shape index (κ3) is 5.69. The predicted octanol–water partition coefficient (Wildman–Crippen LogP) is 1.37. The molecule has 2 aliphatic heterocycles. The van der Waals surface area contributed by atoms with Gasteiger partial charge in [-0.2, -0.15) is 0 Å². The summed E-state index contributed by atoms with van der Waals surface area (Å²) in [7, 11) is 2.11. The Balaban J connectivity index is 1.80. The van der Waals surface area contributed by atoms with Crippen LogP contribution in [0.1, 0.15) is 33.4 Å². The Hall–Kier alpha value is -2.75. The van der Waals surface area contributed by atoms with Gasteiger partial charge in [0.1, 0.15) is 17.1 Å². The molecule has 31 heavy (non-hydrogen) atoms. The number of ether oxygens (including phenoxy) is 1. The normalized spacial score (nSPS) is 21.4. The third-order valence-electron chi connectivity index (χ3n) is 5.61. The molecule has 0 radical (unpaired) electrons. The van der Waals surface area contributed by atoms with E-state index in [2.05, 4.69) is 38.0 Å². The molecule has 3 heterocycles. The van der Waals surface area contributed by atoms with Crippen molar-refractivity contribution in [2.24, 2.45) is 10.9 Å². The number of carbonyl (C=O) groups excluding carboxylic acids is 1. The Morgan fingerprint density at radius 2 is 1.81 bits per heavy atom. The lowest BCUT2D eigenvalue weighted by molar-refractivity contribution is 0.0159. The number of likely N-dealkylation sites (N-methyl/N-ethyl adjacent to an activating group) is 1. The van der Waals surface area contributed by atoms with Crippen molar-refractivity contribution < 1.29 is 14.7 Å². The third-order valence-corrected chi connectivity index (χ3v) is 5.61. The van der Waals surface area contributed by atoms with Crippen molar-refractivity contribution in [1.82, 2.24) is 14.8 Å². The Morgan fingerprint density at radius 1 is 1.16 bits per heavy atom. The van der Waals surface area contributed by atoms with E-state index in [1.165, 1.54) is 0 Å². The van der Waals surface area contributed by atoms with Crippen LogP contribution in [0.5, 0.6) is 0 Å². The Kier molecular flexibility index (Phi) is 6.78. The molecule has 0 aromatic carbocycles. The summed E-state index contributed by atoms with van der Waals surface area (Å²) in [6.07, 6.45) is -0.287. The lowest BCUT2D eigenvalue weighted by atomic mass is 10.1. The zero-order valence-electron chi connectivity index (χ0n) is 19.2. The molecule has 1 aromatic rings. The maximum Gasteiger partial charge on any atom is 0.410 e. The van der Waals surface area contributed by atoms with Gasteiger partial charge < -0.3 is 35.3 Å².